The largest absolute Gasteiger partial charge is 0.327 e. The Morgan fingerprint density at radius 3 is 2.30 bits per heavy atom. The van der Waals surface area contributed by atoms with Crippen molar-refractivity contribution in [3.05, 3.63) is 65.7 Å². The summed E-state index contributed by atoms with van der Waals surface area (Å²) in [6.07, 6.45) is 0. The third-order valence-corrected chi connectivity index (χ3v) is 5.00. The van der Waals surface area contributed by atoms with Crippen molar-refractivity contribution in [1.29, 1.82) is 5.26 Å². The van der Waals surface area contributed by atoms with Gasteiger partial charge in [-0.15, -0.1) is 0 Å². The van der Waals surface area contributed by atoms with Crippen molar-refractivity contribution in [2.75, 3.05) is 31.5 Å². The Balaban J connectivity index is 1.53. The summed E-state index contributed by atoms with van der Waals surface area (Å²) in [5.74, 6) is -0.0121. The number of rotatable bonds is 4. The second-order valence-electron chi connectivity index (χ2n) is 6.72. The molecule has 0 unspecified atom stereocenters. The van der Waals surface area contributed by atoms with Gasteiger partial charge in [-0.05, 0) is 43.3 Å². The second-order valence-corrected chi connectivity index (χ2v) is 6.72. The summed E-state index contributed by atoms with van der Waals surface area (Å²) in [6.45, 7) is 4.65. The number of benzene rings is 2. The fourth-order valence-electron chi connectivity index (χ4n) is 3.26. The topological polar surface area (TPSA) is 77.6 Å². The molecule has 0 radical (unpaired) electrons. The molecule has 2 aromatic rings. The van der Waals surface area contributed by atoms with Crippen molar-refractivity contribution in [2.24, 2.45) is 0 Å². The first-order chi connectivity index (χ1) is 13.1. The number of quaternary nitrogens is 1. The highest BCUT2D eigenvalue weighted by molar-refractivity contribution is 5.94. The number of hydrogen-bond acceptors (Lipinski definition) is 3. The molecule has 6 nitrogen and oxygen atoms in total. The number of nitrogens with zero attached hydrogens (tertiary/aromatic N) is 2. The Kier molecular flexibility index (Phi) is 5.84. The van der Waals surface area contributed by atoms with Crippen LogP contribution in [0.1, 0.15) is 22.8 Å². The Morgan fingerprint density at radius 1 is 1.07 bits per heavy atom. The Labute approximate surface area is 159 Å². The molecule has 0 saturated carbocycles. The number of carbonyl (C=O) groups excluding carboxylic acids is 2. The van der Waals surface area contributed by atoms with E-state index in [0.717, 1.165) is 13.1 Å². The first kappa shape index (κ1) is 18.6. The standard InChI is InChI=1S/C21H22N4O2/c1-16(20(26)23-19-9-7-17(15-22)8-10-19)24-11-13-25(14-12-24)21(27)18-5-3-2-4-6-18/h2-10,16H,11-14H2,1H3,(H,23,26)/p+1/t16-/m0/s1. The van der Waals surface area contributed by atoms with Gasteiger partial charge < -0.3 is 15.1 Å². The zero-order chi connectivity index (χ0) is 19.2. The van der Waals surface area contributed by atoms with Gasteiger partial charge in [-0.3, -0.25) is 9.59 Å². The lowest BCUT2D eigenvalue weighted by Crippen LogP contribution is -3.19. The number of hydrogen-bond donors (Lipinski definition) is 2. The van der Waals surface area contributed by atoms with E-state index < -0.39 is 0 Å². The van der Waals surface area contributed by atoms with Gasteiger partial charge in [0.25, 0.3) is 11.8 Å². The van der Waals surface area contributed by atoms with Crippen LogP contribution >= 0.6 is 0 Å². The lowest BCUT2D eigenvalue weighted by Gasteiger charge is -2.34. The van der Waals surface area contributed by atoms with E-state index in [1.807, 2.05) is 42.2 Å². The van der Waals surface area contributed by atoms with Crippen LogP contribution in [0.3, 0.4) is 0 Å². The number of nitrogens with one attached hydrogen (secondary N) is 2. The first-order valence-electron chi connectivity index (χ1n) is 9.08. The predicted octanol–water partition coefficient (Wildman–Crippen LogP) is 0.926. The third-order valence-electron chi connectivity index (χ3n) is 5.00. The highest BCUT2D eigenvalue weighted by Gasteiger charge is 2.31. The minimum Gasteiger partial charge on any atom is -0.327 e. The predicted molar refractivity (Wildman–Crippen MR) is 102 cm³/mol. The van der Waals surface area contributed by atoms with Crippen molar-refractivity contribution in [3.63, 3.8) is 0 Å². The molecular weight excluding hydrogens is 340 g/mol. The molecule has 0 aliphatic carbocycles. The zero-order valence-corrected chi connectivity index (χ0v) is 15.3. The molecule has 0 spiro atoms. The van der Waals surface area contributed by atoms with Gasteiger partial charge in [0.1, 0.15) is 0 Å². The minimum absolute atomic E-state index is 0.0457. The summed E-state index contributed by atoms with van der Waals surface area (Å²) >= 11 is 0. The van der Waals surface area contributed by atoms with Crippen LogP contribution in [0.5, 0.6) is 0 Å². The number of anilines is 1. The fraction of sp³-hybridized carbons (Fsp3) is 0.286. The van der Waals surface area contributed by atoms with Crippen LogP contribution in [0.25, 0.3) is 0 Å². The van der Waals surface area contributed by atoms with Gasteiger partial charge in [-0.1, -0.05) is 18.2 Å². The van der Waals surface area contributed by atoms with Gasteiger partial charge in [0.05, 0.1) is 37.8 Å². The monoisotopic (exact) mass is 363 g/mol. The van der Waals surface area contributed by atoms with Crippen molar-refractivity contribution >= 4 is 17.5 Å². The van der Waals surface area contributed by atoms with Gasteiger partial charge >= 0.3 is 0 Å². The molecule has 2 N–H and O–H groups in total. The fourth-order valence-corrected chi connectivity index (χ4v) is 3.26. The van der Waals surface area contributed by atoms with Crippen LogP contribution < -0.4 is 10.2 Å². The molecule has 1 heterocycles. The molecule has 1 aliphatic heterocycles. The minimum atomic E-state index is -0.213. The van der Waals surface area contributed by atoms with Crippen molar-refractivity contribution in [1.82, 2.24) is 4.90 Å². The van der Waals surface area contributed by atoms with Gasteiger partial charge in [0.15, 0.2) is 6.04 Å². The molecule has 2 amide bonds. The van der Waals surface area contributed by atoms with Gasteiger partial charge in [-0.25, -0.2) is 0 Å². The average molecular weight is 363 g/mol. The molecule has 27 heavy (non-hydrogen) atoms. The van der Waals surface area contributed by atoms with Crippen LogP contribution in [0.2, 0.25) is 0 Å². The van der Waals surface area contributed by atoms with Crippen LogP contribution in [0.4, 0.5) is 5.69 Å². The Hall–Kier alpha value is -3.17. The van der Waals surface area contributed by atoms with E-state index in [-0.39, 0.29) is 17.9 Å². The Morgan fingerprint density at radius 2 is 1.70 bits per heavy atom. The average Bonchev–Trinajstić information content (AvgIpc) is 2.74. The molecule has 3 rings (SSSR count). The second kappa shape index (κ2) is 8.47. The van der Waals surface area contributed by atoms with Crippen molar-refractivity contribution in [3.8, 4) is 6.07 Å². The maximum atomic E-state index is 12.5. The SMILES string of the molecule is C[C@@H](C(=O)Nc1ccc(C#N)cc1)[NH+]1CCN(C(=O)c2ccccc2)CC1. The van der Waals surface area contributed by atoms with Gasteiger partial charge in [0.2, 0.25) is 0 Å². The summed E-state index contributed by atoms with van der Waals surface area (Å²) in [4.78, 5) is 28.1. The molecule has 1 fully saturated rings. The maximum Gasteiger partial charge on any atom is 0.282 e. The van der Waals surface area contributed by atoms with E-state index in [4.69, 9.17) is 5.26 Å². The molecule has 138 valence electrons. The molecule has 0 aromatic heterocycles. The summed E-state index contributed by atoms with van der Waals surface area (Å²) in [6, 6.07) is 18.0. The highest BCUT2D eigenvalue weighted by atomic mass is 16.2. The van der Waals surface area contributed by atoms with Crippen molar-refractivity contribution in [2.45, 2.75) is 13.0 Å². The van der Waals surface area contributed by atoms with Gasteiger partial charge in [-0.2, -0.15) is 5.26 Å². The van der Waals surface area contributed by atoms with E-state index in [0.29, 0.717) is 29.9 Å². The molecule has 2 aromatic carbocycles. The van der Waals surface area contributed by atoms with Crippen LogP contribution in [0.15, 0.2) is 54.6 Å². The number of nitriles is 1. The van der Waals surface area contributed by atoms with E-state index in [1.54, 1.807) is 24.3 Å². The third kappa shape index (κ3) is 4.52. The van der Waals surface area contributed by atoms with Gasteiger partial charge in [0, 0.05) is 11.3 Å². The Bertz CT molecular complexity index is 835. The molecule has 1 aliphatic rings. The van der Waals surface area contributed by atoms with Crippen LogP contribution in [-0.2, 0) is 4.79 Å². The van der Waals surface area contributed by atoms with E-state index in [2.05, 4.69) is 11.4 Å². The summed E-state index contributed by atoms with van der Waals surface area (Å²) in [5, 5.41) is 11.7. The van der Waals surface area contributed by atoms with Crippen LogP contribution in [0, 0.1) is 11.3 Å². The number of piperazine rings is 1. The lowest BCUT2D eigenvalue weighted by molar-refractivity contribution is -0.917. The number of amides is 2. The van der Waals surface area contributed by atoms with E-state index in [1.165, 1.54) is 4.90 Å². The summed E-state index contributed by atoms with van der Waals surface area (Å²) < 4.78 is 0. The quantitative estimate of drug-likeness (QED) is 0.848. The summed E-state index contributed by atoms with van der Waals surface area (Å²) in [7, 11) is 0. The molecule has 0 bridgehead atoms. The maximum absolute atomic E-state index is 12.5. The smallest absolute Gasteiger partial charge is 0.282 e. The van der Waals surface area contributed by atoms with E-state index >= 15 is 0 Å². The van der Waals surface area contributed by atoms with E-state index in [9.17, 15) is 9.59 Å². The molecule has 1 atom stereocenters. The summed E-state index contributed by atoms with van der Waals surface area (Å²) in [5.41, 5.74) is 1.95. The first-order valence-corrected chi connectivity index (χ1v) is 9.08. The normalized spacial score (nSPS) is 15.6. The lowest BCUT2D eigenvalue weighted by atomic mass is 10.1. The van der Waals surface area contributed by atoms with Crippen LogP contribution in [-0.4, -0.2) is 48.9 Å². The number of carbonyl (C=O) groups is 2. The molecular formula is C21H23N4O2+. The highest BCUT2D eigenvalue weighted by Crippen LogP contribution is 2.09. The molecule has 1 saturated heterocycles. The zero-order valence-electron chi connectivity index (χ0n) is 15.3. The van der Waals surface area contributed by atoms with Crippen molar-refractivity contribution < 1.29 is 14.5 Å². The molecule has 6 heteroatoms.